The predicted octanol–water partition coefficient (Wildman–Crippen LogP) is 1.36. The van der Waals surface area contributed by atoms with Crippen molar-refractivity contribution in [3.05, 3.63) is 29.6 Å². The van der Waals surface area contributed by atoms with E-state index in [9.17, 15) is 4.79 Å². The van der Waals surface area contributed by atoms with Crippen LogP contribution in [-0.4, -0.2) is 35.4 Å². The van der Waals surface area contributed by atoms with E-state index >= 15 is 0 Å². The summed E-state index contributed by atoms with van der Waals surface area (Å²) in [6.45, 7) is 3.76. The van der Waals surface area contributed by atoms with E-state index in [2.05, 4.69) is 16.4 Å². The first-order chi connectivity index (χ1) is 9.33. The van der Waals surface area contributed by atoms with Crippen molar-refractivity contribution in [3.8, 4) is 0 Å². The Morgan fingerprint density at radius 2 is 2.47 bits per heavy atom. The molecule has 0 spiro atoms. The first kappa shape index (κ1) is 12.6. The summed E-state index contributed by atoms with van der Waals surface area (Å²) in [6, 6.07) is 4.04. The molecule has 102 valence electrons. The van der Waals surface area contributed by atoms with Crippen molar-refractivity contribution in [1.82, 2.24) is 15.2 Å². The number of hydrogen-bond donors (Lipinski definition) is 1. The summed E-state index contributed by atoms with van der Waals surface area (Å²) in [5, 5.41) is 3.36. The summed E-state index contributed by atoms with van der Waals surface area (Å²) < 4.78 is 0. The average molecular weight is 259 g/mol. The minimum Gasteiger partial charge on any atom is -0.338 e. The molecule has 1 atom stereocenters. The zero-order valence-electron chi connectivity index (χ0n) is 11.3. The standard InChI is InChI=1S/C15H21N3O/c19-15(4-3-12-5-8-16-10-12)18-9-6-14-13(11-18)2-1-7-17-14/h1-2,7,12,16H,3-6,8-11H2. The number of aromatic nitrogens is 1. The van der Waals surface area contributed by atoms with Crippen molar-refractivity contribution in [2.75, 3.05) is 19.6 Å². The van der Waals surface area contributed by atoms with Gasteiger partial charge in [-0.2, -0.15) is 0 Å². The highest BCUT2D eigenvalue weighted by atomic mass is 16.2. The van der Waals surface area contributed by atoms with Gasteiger partial charge < -0.3 is 10.2 Å². The van der Waals surface area contributed by atoms with Crippen molar-refractivity contribution in [2.45, 2.75) is 32.2 Å². The number of carbonyl (C=O) groups excluding carboxylic acids is 1. The molecular weight excluding hydrogens is 238 g/mol. The van der Waals surface area contributed by atoms with E-state index in [0.717, 1.165) is 44.7 Å². The first-order valence-corrected chi connectivity index (χ1v) is 7.24. The second-order valence-electron chi connectivity index (χ2n) is 5.57. The number of fused-ring (bicyclic) bond motifs is 1. The summed E-state index contributed by atoms with van der Waals surface area (Å²) in [6.07, 6.45) is 5.68. The fourth-order valence-corrected chi connectivity index (χ4v) is 3.03. The van der Waals surface area contributed by atoms with Gasteiger partial charge in [-0.15, -0.1) is 0 Å². The number of nitrogens with one attached hydrogen (secondary N) is 1. The highest BCUT2D eigenvalue weighted by Gasteiger charge is 2.22. The molecule has 1 amide bonds. The molecule has 1 aromatic heterocycles. The summed E-state index contributed by atoms with van der Waals surface area (Å²) in [5.74, 6) is 1.00. The first-order valence-electron chi connectivity index (χ1n) is 7.24. The van der Waals surface area contributed by atoms with Gasteiger partial charge >= 0.3 is 0 Å². The molecule has 2 aliphatic rings. The number of rotatable bonds is 3. The van der Waals surface area contributed by atoms with Gasteiger partial charge in [0.2, 0.25) is 5.91 Å². The van der Waals surface area contributed by atoms with Crippen LogP contribution in [0.1, 0.15) is 30.5 Å². The zero-order valence-corrected chi connectivity index (χ0v) is 11.3. The molecule has 1 fully saturated rings. The molecule has 0 aliphatic carbocycles. The lowest BCUT2D eigenvalue weighted by molar-refractivity contribution is -0.132. The molecule has 0 radical (unpaired) electrons. The van der Waals surface area contributed by atoms with Gasteiger partial charge in [-0.3, -0.25) is 9.78 Å². The van der Waals surface area contributed by atoms with Crippen molar-refractivity contribution < 1.29 is 4.79 Å². The van der Waals surface area contributed by atoms with Crippen LogP contribution in [0.3, 0.4) is 0 Å². The minimum absolute atomic E-state index is 0.307. The fourth-order valence-electron chi connectivity index (χ4n) is 3.03. The normalized spacial score (nSPS) is 22.3. The largest absolute Gasteiger partial charge is 0.338 e. The monoisotopic (exact) mass is 259 g/mol. The van der Waals surface area contributed by atoms with Crippen LogP contribution < -0.4 is 5.32 Å². The Labute approximate surface area is 114 Å². The van der Waals surface area contributed by atoms with E-state index in [1.54, 1.807) is 0 Å². The van der Waals surface area contributed by atoms with E-state index in [4.69, 9.17) is 0 Å². The summed E-state index contributed by atoms with van der Waals surface area (Å²) in [5.41, 5.74) is 2.37. The van der Waals surface area contributed by atoms with E-state index in [1.807, 2.05) is 17.2 Å². The maximum Gasteiger partial charge on any atom is 0.222 e. The third-order valence-corrected chi connectivity index (χ3v) is 4.25. The van der Waals surface area contributed by atoms with Crippen LogP contribution in [0.25, 0.3) is 0 Å². The molecule has 4 heteroatoms. The van der Waals surface area contributed by atoms with Gasteiger partial charge in [0.05, 0.1) is 0 Å². The lowest BCUT2D eigenvalue weighted by Crippen LogP contribution is -2.36. The van der Waals surface area contributed by atoms with Gasteiger partial charge in [-0.25, -0.2) is 0 Å². The average Bonchev–Trinajstić information content (AvgIpc) is 2.97. The lowest BCUT2D eigenvalue weighted by atomic mass is 10.0. The van der Waals surface area contributed by atoms with Crippen LogP contribution in [0.5, 0.6) is 0 Å². The molecule has 3 rings (SSSR count). The Morgan fingerprint density at radius 3 is 3.32 bits per heavy atom. The molecule has 1 N–H and O–H groups in total. The number of carbonyl (C=O) groups is 1. The SMILES string of the molecule is O=C(CCC1CCNC1)N1CCc2ncccc2C1. The third kappa shape index (κ3) is 2.95. The molecule has 0 saturated carbocycles. The number of nitrogens with zero attached hydrogens (tertiary/aromatic N) is 2. The molecule has 1 saturated heterocycles. The van der Waals surface area contributed by atoms with Gasteiger partial charge in [0.25, 0.3) is 0 Å². The molecule has 4 nitrogen and oxygen atoms in total. The van der Waals surface area contributed by atoms with Gasteiger partial charge in [0.1, 0.15) is 0 Å². The van der Waals surface area contributed by atoms with Crippen LogP contribution in [0, 0.1) is 5.92 Å². The Balaban J connectivity index is 1.54. The highest BCUT2D eigenvalue weighted by Crippen LogP contribution is 2.19. The van der Waals surface area contributed by atoms with E-state index < -0.39 is 0 Å². The summed E-state index contributed by atoms with van der Waals surface area (Å²) in [4.78, 5) is 18.6. The number of pyridine rings is 1. The Bertz CT molecular complexity index is 454. The van der Waals surface area contributed by atoms with E-state index in [-0.39, 0.29) is 0 Å². The number of amides is 1. The van der Waals surface area contributed by atoms with Crippen LogP contribution >= 0.6 is 0 Å². The lowest BCUT2D eigenvalue weighted by Gasteiger charge is -2.28. The smallest absolute Gasteiger partial charge is 0.222 e. The Morgan fingerprint density at radius 1 is 1.53 bits per heavy atom. The maximum atomic E-state index is 12.2. The molecule has 2 aliphatic heterocycles. The highest BCUT2D eigenvalue weighted by molar-refractivity contribution is 5.76. The van der Waals surface area contributed by atoms with Crippen molar-refractivity contribution in [3.63, 3.8) is 0 Å². The summed E-state index contributed by atoms with van der Waals surface area (Å²) in [7, 11) is 0. The molecule has 1 aromatic rings. The van der Waals surface area contributed by atoms with Gasteiger partial charge in [-0.1, -0.05) is 6.07 Å². The topological polar surface area (TPSA) is 45.2 Å². The Hall–Kier alpha value is -1.42. The van der Waals surface area contributed by atoms with Gasteiger partial charge in [0.15, 0.2) is 0 Å². The fraction of sp³-hybridized carbons (Fsp3) is 0.600. The molecule has 0 aromatic carbocycles. The third-order valence-electron chi connectivity index (χ3n) is 4.25. The van der Waals surface area contributed by atoms with Crippen LogP contribution in [-0.2, 0) is 17.8 Å². The number of hydrogen-bond acceptors (Lipinski definition) is 3. The van der Waals surface area contributed by atoms with E-state index in [1.165, 1.54) is 12.0 Å². The van der Waals surface area contributed by atoms with Crippen molar-refractivity contribution in [1.29, 1.82) is 0 Å². The molecule has 0 bridgehead atoms. The van der Waals surface area contributed by atoms with Crippen LogP contribution in [0.2, 0.25) is 0 Å². The molecular formula is C15H21N3O. The quantitative estimate of drug-likeness (QED) is 0.891. The molecule has 3 heterocycles. The van der Waals surface area contributed by atoms with Gasteiger partial charge in [0, 0.05) is 37.8 Å². The van der Waals surface area contributed by atoms with Crippen LogP contribution in [0.15, 0.2) is 18.3 Å². The van der Waals surface area contributed by atoms with E-state index in [0.29, 0.717) is 18.2 Å². The molecule has 19 heavy (non-hydrogen) atoms. The van der Waals surface area contributed by atoms with Crippen molar-refractivity contribution >= 4 is 5.91 Å². The predicted molar refractivity (Wildman–Crippen MR) is 73.6 cm³/mol. The summed E-state index contributed by atoms with van der Waals surface area (Å²) >= 11 is 0. The molecule has 1 unspecified atom stereocenters. The minimum atomic E-state index is 0.307. The zero-order chi connectivity index (χ0) is 13.1. The second kappa shape index (κ2) is 5.70. The van der Waals surface area contributed by atoms with Crippen molar-refractivity contribution in [2.24, 2.45) is 5.92 Å². The Kier molecular flexibility index (Phi) is 3.78. The van der Waals surface area contributed by atoms with Gasteiger partial charge in [-0.05, 0) is 43.5 Å². The maximum absolute atomic E-state index is 12.2. The van der Waals surface area contributed by atoms with Crippen LogP contribution in [0.4, 0.5) is 0 Å². The second-order valence-corrected chi connectivity index (χ2v) is 5.57.